The van der Waals surface area contributed by atoms with Crippen molar-refractivity contribution in [3.05, 3.63) is 64.6 Å². The smallest absolute Gasteiger partial charge is 0.250 e. The van der Waals surface area contributed by atoms with Gasteiger partial charge in [0.1, 0.15) is 5.75 Å². The number of benzene rings is 1. The highest BCUT2D eigenvalue weighted by molar-refractivity contribution is 14.0. The van der Waals surface area contributed by atoms with Crippen molar-refractivity contribution in [1.29, 1.82) is 0 Å². The number of rotatable bonds is 9. The number of para-hydroxylation sites is 1. The Kier molecular flexibility index (Phi) is 11.3. The largest absolute Gasteiger partial charge is 0.496 e. The van der Waals surface area contributed by atoms with Crippen LogP contribution in [0.3, 0.4) is 0 Å². The molecule has 0 aliphatic rings. The molecule has 2 rings (SSSR count). The summed E-state index contributed by atoms with van der Waals surface area (Å²) in [7, 11) is 3.72. The third kappa shape index (κ3) is 7.53. The van der Waals surface area contributed by atoms with Crippen molar-refractivity contribution in [2.75, 3.05) is 27.2 Å². The molecular weight excluding hydrogens is 467 g/mol. The number of hydrogen-bond acceptors (Lipinski definition) is 3. The van der Waals surface area contributed by atoms with Gasteiger partial charge in [0.25, 0.3) is 0 Å². The highest BCUT2D eigenvalue weighted by atomic mass is 127. The van der Waals surface area contributed by atoms with Gasteiger partial charge in [0, 0.05) is 51.1 Å². The van der Waals surface area contributed by atoms with Crippen LogP contribution in [0.5, 0.6) is 5.75 Å². The van der Waals surface area contributed by atoms with Gasteiger partial charge in [-0.25, -0.2) is 0 Å². The molecule has 0 spiro atoms. The average molecular weight is 498 g/mol. The first-order chi connectivity index (χ1) is 13.2. The molecule has 6 nitrogen and oxygen atoms in total. The minimum Gasteiger partial charge on any atom is -0.496 e. The number of methoxy groups -OCH3 is 1. The minimum absolute atomic E-state index is 0. The number of hydrogen-bond donors (Lipinski definition) is 1. The summed E-state index contributed by atoms with van der Waals surface area (Å²) in [5, 5.41) is 3.34. The van der Waals surface area contributed by atoms with E-state index in [0.29, 0.717) is 0 Å². The number of aryl methyl sites for hydroxylation is 1. The molecule has 1 aromatic carbocycles. The van der Waals surface area contributed by atoms with Gasteiger partial charge in [-0.1, -0.05) is 24.3 Å². The van der Waals surface area contributed by atoms with Crippen LogP contribution in [0.1, 0.15) is 25.3 Å². The lowest BCUT2D eigenvalue weighted by Gasteiger charge is -2.23. The normalized spacial score (nSPS) is 10.9. The van der Waals surface area contributed by atoms with Crippen molar-refractivity contribution in [2.45, 2.75) is 32.9 Å². The Morgan fingerprint density at radius 2 is 1.93 bits per heavy atom. The number of halogens is 1. The Balaban J connectivity index is 0.00000392. The number of ether oxygens (including phenoxy) is 1. The average Bonchev–Trinajstić information content (AvgIpc) is 2.68. The van der Waals surface area contributed by atoms with Gasteiger partial charge < -0.3 is 19.5 Å². The molecule has 0 amide bonds. The third-order valence-electron chi connectivity index (χ3n) is 4.26. The van der Waals surface area contributed by atoms with Gasteiger partial charge in [0.15, 0.2) is 5.96 Å². The molecule has 0 radical (unpaired) electrons. The molecule has 1 aromatic heterocycles. The Morgan fingerprint density at radius 3 is 2.64 bits per heavy atom. The predicted octanol–water partition coefficient (Wildman–Crippen LogP) is 3.35. The number of aliphatic imine (C=N–C) groups is 1. The van der Waals surface area contributed by atoms with E-state index in [1.165, 1.54) is 0 Å². The zero-order valence-corrected chi connectivity index (χ0v) is 19.3. The fourth-order valence-electron chi connectivity index (χ4n) is 2.86. The van der Waals surface area contributed by atoms with Gasteiger partial charge in [-0.05, 0) is 31.9 Å². The van der Waals surface area contributed by atoms with Crippen LogP contribution in [0.2, 0.25) is 0 Å². The van der Waals surface area contributed by atoms with Gasteiger partial charge >= 0.3 is 0 Å². The highest BCUT2D eigenvalue weighted by Gasteiger charge is 2.09. The molecule has 0 atom stereocenters. The predicted molar refractivity (Wildman–Crippen MR) is 126 cm³/mol. The summed E-state index contributed by atoms with van der Waals surface area (Å²) in [6.45, 7) is 5.04. The van der Waals surface area contributed by atoms with E-state index in [4.69, 9.17) is 9.73 Å². The molecule has 1 N–H and O–H groups in total. The van der Waals surface area contributed by atoms with Crippen molar-refractivity contribution in [3.8, 4) is 5.75 Å². The number of guanidine groups is 1. The lowest BCUT2D eigenvalue weighted by molar-refractivity contribution is 0.396. The molecule has 0 bridgehead atoms. The van der Waals surface area contributed by atoms with Gasteiger partial charge in [-0.15, -0.1) is 24.0 Å². The zero-order valence-electron chi connectivity index (χ0n) is 16.9. The fourth-order valence-corrected chi connectivity index (χ4v) is 2.86. The zero-order chi connectivity index (χ0) is 19.5. The van der Waals surface area contributed by atoms with E-state index in [-0.39, 0.29) is 29.5 Å². The topological polar surface area (TPSA) is 58.9 Å². The first-order valence-electron chi connectivity index (χ1n) is 9.42. The summed E-state index contributed by atoms with van der Waals surface area (Å²) in [6.07, 6.45) is 3.68. The molecular formula is C21H31IN4O2. The van der Waals surface area contributed by atoms with Crippen molar-refractivity contribution >= 4 is 29.9 Å². The first-order valence-corrected chi connectivity index (χ1v) is 9.42. The highest BCUT2D eigenvalue weighted by Crippen LogP contribution is 2.18. The SMILES string of the molecule is CCNC(=NCCCCn1ccccc1=O)N(C)Cc1ccccc1OC.I. The second-order valence-electron chi connectivity index (χ2n) is 6.34. The Labute approximate surface area is 184 Å². The second kappa shape index (κ2) is 13.2. The summed E-state index contributed by atoms with van der Waals surface area (Å²) in [6, 6.07) is 13.3. The lowest BCUT2D eigenvalue weighted by atomic mass is 10.2. The maximum Gasteiger partial charge on any atom is 0.250 e. The summed E-state index contributed by atoms with van der Waals surface area (Å²) in [4.78, 5) is 18.5. The fraction of sp³-hybridized carbons (Fsp3) is 0.429. The monoisotopic (exact) mass is 498 g/mol. The van der Waals surface area contributed by atoms with Crippen LogP contribution in [-0.2, 0) is 13.1 Å². The quantitative estimate of drug-likeness (QED) is 0.250. The van der Waals surface area contributed by atoms with Gasteiger partial charge in [0.2, 0.25) is 5.56 Å². The van der Waals surface area contributed by atoms with Crippen molar-refractivity contribution in [3.63, 3.8) is 0 Å². The van der Waals surface area contributed by atoms with Crippen LogP contribution in [0.4, 0.5) is 0 Å². The van der Waals surface area contributed by atoms with E-state index < -0.39 is 0 Å². The summed E-state index contributed by atoms with van der Waals surface area (Å²) < 4.78 is 7.17. The number of pyridine rings is 1. The number of nitrogens with one attached hydrogen (secondary N) is 1. The van der Waals surface area contributed by atoms with E-state index in [2.05, 4.69) is 23.2 Å². The molecule has 0 unspecified atom stereocenters. The van der Waals surface area contributed by atoms with E-state index >= 15 is 0 Å². The molecule has 2 aromatic rings. The lowest BCUT2D eigenvalue weighted by Crippen LogP contribution is -2.38. The molecule has 0 aliphatic heterocycles. The maximum atomic E-state index is 11.7. The summed E-state index contributed by atoms with van der Waals surface area (Å²) >= 11 is 0. The molecule has 1 heterocycles. The van der Waals surface area contributed by atoms with E-state index in [0.717, 1.165) is 56.3 Å². The van der Waals surface area contributed by atoms with Crippen molar-refractivity contribution < 1.29 is 4.74 Å². The van der Waals surface area contributed by atoms with Crippen LogP contribution in [0, 0.1) is 0 Å². The summed E-state index contributed by atoms with van der Waals surface area (Å²) in [5.74, 6) is 1.76. The van der Waals surface area contributed by atoms with Crippen LogP contribution >= 0.6 is 24.0 Å². The van der Waals surface area contributed by atoms with Gasteiger partial charge in [-0.3, -0.25) is 9.79 Å². The Morgan fingerprint density at radius 1 is 1.18 bits per heavy atom. The third-order valence-corrected chi connectivity index (χ3v) is 4.26. The molecule has 154 valence electrons. The van der Waals surface area contributed by atoms with Crippen LogP contribution in [-0.4, -0.2) is 42.7 Å². The molecule has 0 saturated carbocycles. The van der Waals surface area contributed by atoms with E-state index in [9.17, 15) is 4.79 Å². The standard InChI is InChI=1S/C21H30N4O2.HI/c1-4-22-21(24(2)17-18-11-5-6-12-19(18)27-3)23-14-8-10-16-25-15-9-7-13-20(25)26;/h5-7,9,11-13,15H,4,8,10,14,16-17H2,1-3H3,(H,22,23);1H. The molecule has 0 fully saturated rings. The van der Waals surface area contributed by atoms with Crippen molar-refractivity contribution in [1.82, 2.24) is 14.8 Å². The minimum atomic E-state index is 0. The van der Waals surface area contributed by atoms with Crippen LogP contribution < -0.4 is 15.6 Å². The van der Waals surface area contributed by atoms with Crippen LogP contribution in [0.15, 0.2) is 58.4 Å². The number of aromatic nitrogens is 1. The van der Waals surface area contributed by atoms with Gasteiger partial charge in [-0.2, -0.15) is 0 Å². The van der Waals surface area contributed by atoms with E-state index in [1.807, 2.05) is 37.5 Å². The first kappa shape index (κ1) is 24.0. The second-order valence-corrected chi connectivity index (χ2v) is 6.34. The van der Waals surface area contributed by atoms with Crippen LogP contribution in [0.25, 0.3) is 0 Å². The van der Waals surface area contributed by atoms with E-state index in [1.54, 1.807) is 23.8 Å². The maximum absolute atomic E-state index is 11.7. The number of unbranched alkanes of at least 4 members (excludes halogenated alkanes) is 1. The molecule has 0 saturated heterocycles. The molecule has 0 aliphatic carbocycles. The Hall–Kier alpha value is -2.03. The molecule has 28 heavy (non-hydrogen) atoms. The van der Waals surface area contributed by atoms with Gasteiger partial charge in [0.05, 0.1) is 7.11 Å². The Bertz CT molecular complexity index is 792. The molecule has 7 heteroatoms. The summed E-state index contributed by atoms with van der Waals surface area (Å²) in [5.41, 5.74) is 1.17. The van der Waals surface area contributed by atoms with Crippen molar-refractivity contribution in [2.24, 2.45) is 4.99 Å². The number of nitrogens with zero attached hydrogens (tertiary/aromatic N) is 3.